The summed E-state index contributed by atoms with van der Waals surface area (Å²) < 4.78 is 39.6. The quantitative estimate of drug-likeness (QED) is 0.448. The van der Waals surface area contributed by atoms with Gasteiger partial charge in [0, 0.05) is 30.4 Å². The molecule has 0 aliphatic heterocycles. The Morgan fingerprint density at radius 1 is 1.22 bits per heavy atom. The molecule has 2 aliphatic carbocycles. The second-order valence-corrected chi connectivity index (χ2v) is 10.3. The SMILES string of the molecule is CCc1oc(-c2cccc(C(C)(F)F)c2)nc1COC1CCCC(C(=O)NC2(C(C)=O)CCCC2)C1. The highest BCUT2D eigenvalue weighted by molar-refractivity contribution is 5.92. The lowest BCUT2D eigenvalue weighted by atomic mass is 9.84. The molecule has 0 bridgehead atoms. The lowest BCUT2D eigenvalue weighted by molar-refractivity contribution is -0.135. The first-order chi connectivity index (χ1) is 17.1. The number of ketones is 1. The van der Waals surface area contributed by atoms with Crippen molar-refractivity contribution < 1.29 is 27.5 Å². The number of ether oxygens (including phenoxy) is 1. The summed E-state index contributed by atoms with van der Waals surface area (Å²) in [6.45, 7) is 4.61. The normalized spacial score (nSPS) is 21.9. The van der Waals surface area contributed by atoms with Crippen LogP contribution in [0.3, 0.4) is 0 Å². The maximum atomic E-state index is 13.8. The summed E-state index contributed by atoms with van der Waals surface area (Å²) in [6, 6.07) is 6.06. The minimum atomic E-state index is -2.95. The van der Waals surface area contributed by atoms with Gasteiger partial charge in [-0.05, 0) is 51.2 Å². The Balaban J connectivity index is 1.39. The van der Waals surface area contributed by atoms with E-state index in [2.05, 4.69) is 10.3 Å². The van der Waals surface area contributed by atoms with E-state index in [0.717, 1.165) is 39.0 Å². The Bertz CT molecular complexity index is 1090. The molecule has 2 fully saturated rings. The number of benzene rings is 1. The molecule has 1 aromatic heterocycles. The van der Waals surface area contributed by atoms with Crippen LogP contribution in [0.2, 0.25) is 0 Å². The van der Waals surface area contributed by atoms with E-state index >= 15 is 0 Å². The highest BCUT2D eigenvalue weighted by Crippen LogP contribution is 2.34. The maximum Gasteiger partial charge on any atom is 0.270 e. The number of alkyl halides is 2. The van der Waals surface area contributed by atoms with Gasteiger partial charge in [-0.3, -0.25) is 9.59 Å². The van der Waals surface area contributed by atoms with Gasteiger partial charge < -0.3 is 14.5 Å². The Morgan fingerprint density at radius 3 is 2.64 bits per heavy atom. The molecule has 0 spiro atoms. The largest absolute Gasteiger partial charge is 0.441 e. The van der Waals surface area contributed by atoms with Crippen molar-refractivity contribution >= 4 is 11.7 Å². The molecule has 36 heavy (non-hydrogen) atoms. The van der Waals surface area contributed by atoms with Crippen molar-refractivity contribution in [3.8, 4) is 11.5 Å². The molecule has 0 radical (unpaired) electrons. The second kappa shape index (κ2) is 10.8. The Labute approximate surface area is 211 Å². The van der Waals surface area contributed by atoms with Crippen LogP contribution >= 0.6 is 0 Å². The van der Waals surface area contributed by atoms with Crippen LogP contribution in [0.25, 0.3) is 11.5 Å². The van der Waals surface area contributed by atoms with Gasteiger partial charge in [-0.15, -0.1) is 0 Å². The fourth-order valence-corrected chi connectivity index (χ4v) is 5.43. The number of rotatable bonds is 9. The van der Waals surface area contributed by atoms with Crippen LogP contribution in [0, 0.1) is 5.92 Å². The molecule has 6 nitrogen and oxygen atoms in total. The molecule has 1 aromatic carbocycles. The predicted molar refractivity (Wildman–Crippen MR) is 131 cm³/mol. The Hall–Kier alpha value is -2.61. The smallest absolute Gasteiger partial charge is 0.270 e. The lowest BCUT2D eigenvalue weighted by Gasteiger charge is -2.33. The molecule has 196 valence electrons. The molecule has 0 saturated heterocycles. The first kappa shape index (κ1) is 26.5. The van der Waals surface area contributed by atoms with Crippen molar-refractivity contribution in [1.29, 1.82) is 0 Å². The zero-order chi connectivity index (χ0) is 25.9. The molecule has 2 atom stereocenters. The van der Waals surface area contributed by atoms with Gasteiger partial charge in [0.05, 0.1) is 18.2 Å². The number of aryl methyl sites for hydroxylation is 1. The summed E-state index contributed by atoms with van der Waals surface area (Å²) in [5.74, 6) is -2.19. The number of nitrogens with one attached hydrogen (secondary N) is 1. The highest BCUT2D eigenvalue weighted by atomic mass is 19.3. The summed E-state index contributed by atoms with van der Waals surface area (Å²) in [5.41, 5.74) is 0.353. The van der Waals surface area contributed by atoms with Crippen molar-refractivity contribution in [3.05, 3.63) is 41.3 Å². The number of halogens is 2. The molecule has 8 heteroatoms. The van der Waals surface area contributed by atoms with Gasteiger partial charge in [-0.1, -0.05) is 38.3 Å². The van der Waals surface area contributed by atoms with E-state index in [1.165, 1.54) is 12.1 Å². The molecule has 1 N–H and O–H groups in total. The molecule has 2 aromatic rings. The third-order valence-corrected chi connectivity index (χ3v) is 7.66. The Morgan fingerprint density at radius 2 is 1.97 bits per heavy atom. The Kier molecular flexibility index (Phi) is 7.93. The third-order valence-electron chi connectivity index (χ3n) is 7.66. The van der Waals surface area contributed by atoms with E-state index < -0.39 is 11.5 Å². The van der Waals surface area contributed by atoms with Crippen LogP contribution in [0.5, 0.6) is 0 Å². The van der Waals surface area contributed by atoms with Crippen LogP contribution in [0.4, 0.5) is 8.78 Å². The third kappa shape index (κ3) is 5.85. The first-order valence-corrected chi connectivity index (χ1v) is 13.0. The van der Waals surface area contributed by atoms with Crippen LogP contribution < -0.4 is 5.32 Å². The zero-order valence-electron chi connectivity index (χ0n) is 21.4. The zero-order valence-corrected chi connectivity index (χ0v) is 21.4. The number of Topliss-reactive ketones (excluding diaryl/α,β-unsaturated/α-hetero) is 1. The van der Waals surface area contributed by atoms with E-state index in [-0.39, 0.29) is 35.9 Å². The molecular weight excluding hydrogens is 466 g/mol. The molecule has 4 rings (SSSR count). The monoisotopic (exact) mass is 502 g/mol. The van der Waals surface area contributed by atoms with Crippen molar-refractivity contribution in [2.45, 2.75) is 103 Å². The average molecular weight is 503 g/mol. The van der Waals surface area contributed by atoms with Crippen LogP contribution in [-0.2, 0) is 33.3 Å². The molecular formula is C28H36F2N2O4. The summed E-state index contributed by atoms with van der Waals surface area (Å²) in [5, 5.41) is 3.09. The van der Waals surface area contributed by atoms with Crippen molar-refractivity contribution in [2.24, 2.45) is 5.92 Å². The molecule has 1 heterocycles. The van der Waals surface area contributed by atoms with Crippen LogP contribution in [0.15, 0.2) is 28.7 Å². The topological polar surface area (TPSA) is 81.4 Å². The molecule has 2 saturated carbocycles. The summed E-state index contributed by atoms with van der Waals surface area (Å²) in [4.78, 5) is 29.8. The first-order valence-electron chi connectivity index (χ1n) is 13.0. The van der Waals surface area contributed by atoms with Gasteiger partial charge in [-0.25, -0.2) is 13.8 Å². The van der Waals surface area contributed by atoms with Gasteiger partial charge >= 0.3 is 0 Å². The molecule has 1 amide bonds. The second-order valence-electron chi connectivity index (χ2n) is 10.3. The maximum absolute atomic E-state index is 13.8. The standard InChI is InChI=1S/C28H36F2N2O4/c1-4-24-23(31-26(36-24)20-10-7-11-21(15-20)27(3,29)30)17-35-22-12-8-9-19(16-22)25(34)32-28(18(2)33)13-5-6-14-28/h7,10-11,15,19,22H,4-6,8-9,12-14,16-17H2,1-3H3,(H,32,34). The van der Waals surface area contributed by atoms with Gasteiger partial charge in [-0.2, -0.15) is 0 Å². The van der Waals surface area contributed by atoms with E-state index in [4.69, 9.17) is 9.15 Å². The highest BCUT2D eigenvalue weighted by Gasteiger charge is 2.41. The van der Waals surface area contributed by atoms with Gasteiger partial charge in [0.1, 0.15) is 11.5 Å². The minimum absolute atomic E-state index is 0.0408. The molecule has 2 aliphatic rings. The number of aromatic nitrogens is 1. The van der Waals surface area contributed by atoms with Gasteiger partial charge in [0.2, 0.25) is 11.8 Å². The van der Waals surface area contributed by atoms with E-state index in [1.807, 2.05) is 6.92 Å². The van der Waals surface area contributed by atoms with Crippen LogP contribution in [0.1, 0.15) is 89.2 Å². The summed E-state index contributed by atoms with van der Waals surface area (Å²) in [7, 11) is 0. The summed E-state index contributed by atoms with van der Waals surface area (Å²) >= 11 is 0. The fraction of sp³-hybridized carbons (Fsp3) is 0.607. The van der Waals surface area contributed by atoms with E-state index in [9.17, 15) is 18.4 Å². The van der Waals surface area contributed by atoms with Crippen LogP contribution in [-0.4, -0.2) is 28.3 Å². The lowest BCUT2D eigenvalue weighted by Crippen LogP contribution is -2.53. The fourth-order valence-electron chi connectivity index (χ4n) is 5.43. The number of carbonyl (C=O) groups is 2. The number of hydrogen-bond acceptors (Lipinski definition) is 5. The number of hydrogen-bond donors (Lipinski definition) is 1. The predicted octanol–water partition coefficient (Wildman–Crippen LogP) is 6.11. The van der Waals surface area contributed by atoms with Gasteiger partial charge in [0.25, 0.3) is 5.92 Å². The van der Waals surface area contributed by atoms with Crippen molar-refractivity contribution in [3.63, 3.8) is 0 Å². The summed E-state index contributed by atoms with van der Waals surface area (Å²) in [6.07, 6.45) is 6.95. The van der Waals surface area contributed by atoms with Crippen molar-refractivity contribution in [1.82, 2.24) is 10.3 Å². The molecule has 2 unspecified atom stereocenters. The number of nitrogens with zero attached hydrogens (tertiary/aromatic N) is 1. The van der Waals surface area contributed by atoms with Gasteiger partial charge in [0.15, 0.2) is 5.78 Å². The number of amides is 1. The minimum Gasteiger partial charge on any atom is -0.441 e. The van der Waals surface area contributed by atoms with E-state index in [0.29, 0.717) is 48.6 Å². The van der Waals surface area contributed by atoms with Crippen molar-refractivity contribution in [2.75, 3.05) is 0 Å². The van der Waals surface area contributed by atoms with E-state index in [1.54, 1.807) is 19.1 Å². The average Bonchev–Trinajstić information content (AvgIpc) is 3.50. The number of oxazole rings is 1. The number of carbonyl (C=O) groups excluding carboxylic acids is 2.